The summed E-state index contributed by atoms with van der Waals surface area (Å²) in [6.07, 6.45) is 2.55. The predicted molar refractivity (Wildman–Crippen MR) is 116 cm³/mol. The molecule has 0 aliphatic carbocycles. The van der Waals surface area contributed by atoms with Gasteiger partial charge in [0.15, 0.2) is 5.96 Å². The molecule has 154 valence electrons. The maximum Gasteiger partial charge on any atom is 0.222 e. The summed E-state index contributed by atoms with van der Waals surface area (Å²) < 4.78 is 6.05. The van der Waals surface area contributed by atoms with Crippen LogP contribution in [-0.4, -0.2) is 49.6 Å². The highest BCUT2D eigenvalue weighted by Crippen LogP contribution is 2.18. The molecule has 1 fully saturated rings. The quantitative estimate of drug-likeness (QED) is 0.560. The minimum Gasteiger partial charge on any atom is -0.490 e. The molecule has 0 unspecified atom stereocenters. The molecule has 1 aliphatic heterocycles. The number of benzene rings is 2. The van der Waals surface area contributed by atoms with Gasteiger partial charge in [-0.15, -0.1) is 0 Å². The molecule has 2 aromatic carbocycles. The smallest absolute Gasteiger partial charge is 0.222 e. The maximum atomic E-state index is 12.1. The molecule has 0 spiro atoms. The van der Waals surface area contributed by atoms with Gasteiger partial charge in [-0.05, 0) is 17.7 Å². The van der Waals surface area contributed by atoms with Gasteiger partial charge < -0.3 is 20.3 Å². The lowest BCUT2D eigenvalue weighted by Gasteiger charge is -2.34. The van der Waals surface area contributed by atoms with E-state index in [9.17, 15) is 4.79 Å². The minimum absolute atomic E-state index is 0.0341. The molecule has 6 nitrogen and oxygen atoms in total. The van der Waals surface area contributed by atoms with E-state index in [0.717, 1.165) is 43.2 Å². The van der Waals surface area contributed by atoms with E-state index in [1.54, 1.807) is 7.05 Å². The summed E-state index contributed by atoms with van der Waals surface area (Å²) in [6, 6.07) is 19.9. The Kier molecular flexibility index (Phi) is 7.92. The molecule has 2 aromatic rings. The zero-order valence-electron chi connectivity index (χ0n) is 17.0. The third-order valence-electron chi connectivity index (χ3n) is 4.97. The second-order valence-electron chi connectivity index (χ2n) is 7.10. The van der Waals surface area contributed by atoms with E-state index in [4.69, 9.17) is 4.74 Å². The Labute approximate surface area is 173 Å². The lowest BCUT2D eigenvalue weighted by molar-refractivity contribution is -0.121. The number of nitrogens with one attached hydrogen (secondary N) is 2. The highest BCUT2D eigenvalue weighted by Gasteiger charge is 2.22. The maximum absolute atomic E-state index is 12.1. The molecule has 3 rings (SSSR count). The highest BCUT2D eigenvalue weighted by molar-refractivity contribution is 5.81. The van der Waals surface area contributed by atoms with Gasteiger partial charge in [0.25, 0.3) is 0 Å². The van der Waals surface area contributed by atoms with Gasteiger partial charge in [0.2, 0.25) is 5.91 Å². The number of amides is 1. The van der Waals surface area contributed by atoms with E-state index >= 15 is 0 Å². The molecule has 0 aromatic heterocycles. The Morgan fingerprint density at radius 3 is 2.34 bits per heavy atom. The topological polar surface area (TPSA) is 66.0 Å². The third-order valence-corrected chi connectivity index (χ3v) is 4.97. The van der Waals surface area contributed by atoms with Crippen LogP contribution in [0.5, 0.6) is 5.75 Å². The Bertz CT molecular complexity index is 772. The van der Waals surface area contributed by atoms with E-state index in [-0.39, 0.29) is 12.0 Å². The Balaban J connectivity index is 1.34. The molecule has 1 aliphatic rings. The number of carbonyl (C=O) groups is 1. The van der Waals surface area contributed by atoms with Crippen LogP contribution < -0.4 is 15.4 Å². The van der Waals surface area contributed by atoms with Crippen molar-refractivity contribution in [1.29, 1.82) is 0 Å². The first-order valence-corrected chi connectivity index (χ1v) is 10.2. The zero-order valence-corrected chi connectivity index (χ0v) is 17.0. The molecular formula is C23H30N4O2. The number of guanidine groups is 1. The van der Waals surface area contributed by atoms with Gasteiger partial charge in [-0.1, -0.05) is 48.5 Å². The molecule has 1 amide bonds. The molecule has 29 heavy (non-hydrogen) atoms. The largest absolute Gasteiger partial charge is 0.490 e. The van der Waals surface area contributed by atoms with Crippen LogP contribution in [0.2, 0.25) is 0 Å². The van der Waals surface area contributed by atoms with Crippen molar-refractivity contribution < 1.29 is 9.53 Å². The highest BCUT2D eigenvalue weighted by atomic mass is 16.5. The average molecular weight is 395 g/mol. The van der Waals surface area contributed by atoms with Gasteiger partial charge in [0.05, 0.1) is 0 Å². The van der Waals surface area contributed by atoms with Gasteiger partial charge >= 0.3 is 0 Å². The van der Waals surface area contributed by atoms with Crippen molar-refractivity contribution in [2.24, 2.45) is 4.99 Å². The van der Waals surface area contributed by atoms with Gasteiger partial charge in [-0.2, -0.15) is 0 Å². The molecule has 0 radical (unpaired) electrons. The lowest BCUT2D eigenvalue weighted by Crippen LogP contribution is -2.48. The molecular weight excluding hydrogens is 364 g/mol. The summed E-state index contributed by atoms with van der Waals surface area (Å²) in [7, 11) is 1.78. The summed E-state index contributed by atoms with van der Waals surface area (Å²) in [4.78, 5) is 18.7. The summed E-state index contributed by atoms with van der Waals surface area (Å²) in [5, 5.41) is 6.26. The molecule has 0 atom stereocenters. The van der Waals surface area contributed by atoms with Crippen molar-refractivity contribution in [3.63, 3.8) is 0 Å². The Morgan fingerprint density at radius 2 is 1.69 bits per heavy atom. The van der Waals surface area contributed by atoms with Crippen molar-refractivity contribution in [1.82, 2.24) is 15.5 Å². The number of para-hydroxylation sites is 1. The van der Waals surface area contributed by atoms with E-state index in [2.05, 4.69) is 20.5 Å². The Hall–Kier alpha value is -3.02. The average Bonchev–Trinajstić information content (AvgIpc) is 2.77. The van der Waals surface area contributed by atoms with E-state index in [1.807, 2.05) is 60.7 Å². The fourth-order valence-electron chi connectivity index (χ4n) is 3.38. The van der Waals surface area contributed by atoms with Crippen LogP contribution in [0.3, 0.4) is 0 Å². The molecule has 1 saturated heterocycles. The third kappa shape index (κ3) is 6.82. The number of nitrogens with zero attached hydrogens (tertiary/aromatic N) is 2. The minimum atomic E-state index is 0.0341. The standard InChI is InChI=1S/C23H30N4O2/c1-24-23(25-15-12-22(28)26-18-19-8-4-2-5-9-19)27-16-13-21(14-17-27)29-20-10-6-3-7-11-20/h2-11,21H,12-18H2,1H3,(H,24,25)(H,26,28). The van der Waals surface area contributed by atoms with Crippen LogP contribution in [-0.2, 0) is 11.3 Å². The normalized spacial score (nSPS) is 15.1. The van der Waals surface area contributed by atoms with Crippen LogP contribution in [0, 0.1) is 0 Å². The number of carbonyl (C=O) groups excluding carboxylic acids is 1. The second kappa shape index (κ2) is 11.1. The van der Waals surface area contributed by atoms with Crippen molar-refractivity contribution in [2.45, 2.75) is 31.9 Å². The molecule has 1 heterocycles. The van der Waals surface area contributed by atoms with Crippen LogP contribution in [0.25, 0.3) is 0 Å². The van der Waals surface area contributed by atoms with Crippen LogP contribution in [0.15, 0.2) is 65.7 Å². The van der Waals surface area contributed by atoms with Crippen molar-refractivity contribution in [3.05, 3.63) is 66.2 Å². The molecule has 6 heteroatoms. The van der Waals surface area contributed by atoms with Crippen LogP contribution in [0.4, 0.5) is 0 Å². The lowest BCUT2D eigenvalue weighted by atomic mass is 10.1. The monoisotopic (exact) mass is 394 g/mol. The van der Waals surface area contributed by atoms with Gasteiger partial charge in [-0.25, -0.2) is 0 Å². The van der Waals surface area contributed by atoms with E-state index in [0.29, 0.717) is 19.5 Å². The first kappa shape index (κ1) is 20.7. The predicted octanol–water partition coefficient (Wildman–Crippen LogP) is 2.81. The molecule has 2 N–H and O–H groups in total. The number of piperidine rings is 1. The SMILES string of the molecule is CN=C(NCCC(=O)NCc1ccccc1)N1CCC(Oc2ccccc2)CC1. The number of ether oxygens (including phenoxy) is 1. The van der Waals surface area contributed by atoms with Crippen LogP contribution in [0.1, 0.15) is 24.8 Å². The van der Waals surface area contributed by atoms with E-state index < -0.39 is 0 Å². The Morgan fingerprint density at radius 1 is 1.03 bits per heavy atom. The first-order valence-electron chi connectivity index (χ1n) is 10.2. The van der Waals surface area contributed by atoms with Gasteiger partial charge in [-0.3, -0.25) is 9.79 Å². The first-order chi connectivity index (χ1) is 14.2. The van der Waals surface area contributed by atoms with Gasteiger partial charge in [0, 0.05) is 52.5 Å². The number of aliphatic imine (C=N–C) groups is 1. The summed E-state index contributed by atoms with van der Waals surface area (Å²) in [5.74, 6) is 1.81. The summed E-state index contributed by atoms with van der Waals surface area (Å²) in [5.41, 5.74) is 1.10. The van der Waals surface area contributed by atoms with Crippen molar-refractivity contribution in [2.75, 3.05) is 26.7 Å². The van der Waals surface area contributed by atoms with Crippen molar-refractivity contribution >= 4 is 11.9 Å². The van der Waals surface area contributed by atoms with E-state index in [1.165, 1.54) is 0 Å². The second-order valence-corrected chi connectivity index (χ2v) is 7.10. The zero-order chi connectivity index (χ0) is 20.3. The number of hydrogen-bond donors (Lipinski definition) is 2. The summed E-state index contributed by atoms with van der Waals surface area (Å²) >= 11 is 0. The number of likely N-dealkylation sites (tertiary alicyclic amines) is 1. The number of hydrogen-bond acceptors (Lipinski definition) is 3. The molecule has 0 bridgehead atoms. The molecule has 0 saturated carbocycles. The fourth-order valence-corrected chi connectivity index (χ4v) is 3.38. The van der Waals surface area contributed by atoms with Gasteiger partial charge in [0.1, 0.15) is 11.9 Å². The fraction of sp³-hybridized carbons (Fsp3) is 0.391. The summed E-state index contributed by atoms with van der Waals surface area (Å²) in [6.45, 7) is 2.89. The van der Waals surface area contributed by atoms with Crippen LogP contribution >= 0.6 is 0 Å². The number of rotatable bonds is 7. The van der Waals surface area contributed by atoms with Crippen molar-refractivity contribution in [3.8, 4) is 5.75 Å².